The van der Waals surface area contributed by atoms with Crippen molar-refractivity contribution >= 4 is 11.8 Å². The lowest BCUT2D eigenvalue weighted by Gasteiger charge is -2.26. The first-order valence-electron chi connectivity index (χ1n) is 5.74. The zero-order valence-electron chi connectivity index (χ0n) is 10.9. The van der Waals surface area contributed by atoms with Crippen LogP contribution in [0.4, 0.5) is 10.5 Å². The first-order chi connectivity index (χ1) is 7.92. The van der Waals surface area contributed by atoms with Gasteiger partial charge in [-0.2, -0.15) is 0 Å². The zero-order chi connectivity index (χ0) is 12.9. The summed E-state index contributed by atoms with van der Waals surface area (Å²) in [6, 6.07) is 9.65. The van der Waals surface area contributed by atoms with Crippen molar-refractivity contribution in [2.75, 3.05) is 11.6 Å². The summed E-state index contributed by atoms with van der Waals surface area (Å²) >= 11 is 0. The average Bonchev–Trinajstić information content (AvgIpc) is 2.24. The Morgan fingerprint density at radius 3 is 2.35 bits per heavy atom. The van der Waals surface area contributed by atoms with E-state index in [1.807, 2.05) is 58.0 Å². The van der Waals surface area contributed by atoms with Crippen molar-refractivity contribution in [2.45, 2.75) is 33.3 Å². The molecule has 0 saturated heterocycles. The predicted molar refractivity (Wildman–Crippen MR) is 68.8 cm³/mol. The summed E-state index contributed by atoms with van der Waals surface area (Å²) in [6.45, 7) is 8.15. The third-order valence-corrected chi connectivity index (χ3v) is 2.01. The molecule has 0 bridgehead atoms. The van der Waals surface area contributed by atoms with Crippen molar-refractivity contribution in [1.29, 1.82) is 0 Å². The highest BCUT2D eigenvalue weighted by atomic mass is 16.6. The van der Waals surface area contributed by atoms with Crippen molar-refractivity contribution in [3.05, 3.63) is 30.3 Å². The maximum absolute atomic E-state index is 11.6. The fourth-order valence-electron chi connectivity index (χ4n) is 1.35. The third-order valence-electron chi connectivity index (χ3n) is 2.01. The molecule has 1 rings (SSSR count). The fraction of sp³-hybridized carbons (Fsp3) is 0.462. The van der Waals surface area contributed by atoms with E-state index >= 15 is 0 Å². The van der Waals surface area contributed by atoms with Gasteiger partial charge in [0.1, 0.15) is 5.60 Å². The molecule has 0 heterocycles. The van der Waals surface area contributed by atoms with Gasteiger partial charge in [-0.1, -0.05) is 18.2 Å². The van der Waals surface area contributed by atoms with Crippen LogP contribution in [0.2, 0.25) is 0 Å². The highest BCUT2D eigenvalue weighted by molar-refractivity contribution is 5.70. The van der Waals surface area contributed by atoms with E-state index in [-0.39, 0.29) is 0 Å². The zero-order valence-corrected chi connectivity index (χ0v) is 10.9. The van der Waals surface area contributed by atoms with Crippen molar-refractivity contribution in [3.8, 4) is 0 Å². The van der Waals surface area contributed by atoms with Crippen molar-refractivity contribution in [3.63, 3.8) is 0 Å². The molecule has 4 heteroatoms. The van der Waals surface area contributed by atoms with Crippen molar-refractivity contribution in [2.24, 2.45) is 0 Å². The van der Waals surface area contributed by atoms with Crippen LogP contribution in [-0.2, 0) is 4.74 Å². The number of nitrogens with zero attached hydrogens (tertiary/aromatic N) is 1. The number of hydrogen-bond donors (Lipinski definition) is 1. The molecule has 0 aliphatic carbocycles. The lowest BCUT2D eigenvalue weighted by atomic mass is 10.2. The molecule has 0 spiro atoms. The highest BCUT2D eigenvalue weighted by Crippen LogP contribution is 2.12. The van der Waals surface area contributed by atoms with Crippen molar-refractivity contribution in [1.82, 2.24) is 5.43 Å². The summed E-state index contributed by atoms with van der Waals surface area (Å²) in [7, 11) is 0. The van der Waals surface area contributed by atoms with Gasteiger partial charge in [0.25, 0.3) is 0 Å². The van der Waals surface area contributed by atoms with Gasteiger partial charge in [0.2, 0.25) is 0 Å². The third kappa shape index (κ3) is 4.76. The number of ether oxygens (including phenoxy) is 1. The Bertz CT molecular complexity index is 357. The minimum atomic E-state index is -0.486. The van der Waals surface area contributed by atoms with Crippen LogP contribution in [0, 0.1) is 0 Å². The first-order valence-corrected chi connectivity index (χ1v) is 5.74. The molecule has 1 aromatic carbocycles. The number of anilines is 1. The lowest BCUT2D eigenvalue weighted by molar-refractivity contribution is 0.0521. The minimum Gasteiger partial charge on any atom is -0.443 e. The first kappa shape index (κ1) is 13.4. The van der Waals surface area contributed by atoms with Gasteiger partial charge in [0.05, 0.1) is 5.69 Å². The van der Waals surface area contributed by atoms with E-state index in [4.69, 9.17) is 4.74 Å². The quantitative estimate of drug-likeness (QED) is 0.820. The normalized spacial score (nSPS) is 10.8. The standard InChI is InChI=1S/C13H20N2O2/c1-5-15(11-9-7-6-8-10-11)14-12(16)17-13(2,3)4/h6-10H,5H2,1-4H3,(H,14,16). The number of rotatable bonds is 3. The maximum Gasteiger partial charge on any atom is 0.426 e. The Morgan fingerprint density at radius 2 is 1.88 bits per heavy atom. The summed E-state index contributed by atoms with van der Waals surface area (Å²) in [5, 5.41) is 1.74. The Kier molecular flexibility index (Phi) is 4.37. The van der Waals surface area contributed by atoms with Gasteiger partial charge in [0.15, 0.2) is 0 Å². The molecule has 4 nitrogen and oxygen atoms in total. The molecular weight excluding hydrogens is 216 g/mol. The van der Waals surface area contributed by atoms with Gasteiger partial charge in [-0.05, 0) is 39.8 Å². The van der Waals surface area contributed by atoms with E-state index in [0.29, 0.717) is 6.54 Å². The number of benzene rings is 1. The highest BCUT2D eigenvalue weighted by Gasteiger charge is 2.17. The summed E-state index contributed by atoms with van der Waals surface area (Å²) in [5.41, 5.74) is 3.16. The minimum absolute atomic E-state index is 0.441. The second-order valence-corrected chi connectivity index (χ2v) is 4.69. The van der Waals surface area contributed by atoms with Gasteiger partial charge >= 0.3 is 6.09 Å². The molecule has 0 aliphatic rings. The molecule has 0 aliphatic heterocycles. The summed E-state index contributed by atoms with van der Waals surface area (Å²) < 4.78 is 5.20. The van der Waals surface area contributed by atoms with Crippen LogP contribution in [0.3, 0.4) is 0 Å². The Labute approximate surface area is 103 Å². The predicted octanol–water partition coefficient (Wildman–Crippen LogP) is 2.95. The number of amides is 1. The van der Waals surface area contributed by atoms with E-state index in [1.165, 1.54) is 0 Å². The molecule has 17 heavy (non-hydrogen) atoms. The number of carbonyl (C=O) groups is 1. The molecule has 0 saturated carbocycles. The Morgan fingerprint density at radius 1 is 1.29 bits per heavy atom. The molecule has 1 N–H and O–H groups in total. The largest absolute Gasteiger partial charge is 0.443 e. The monoisotopic (exact) mass is 236 g/mol. The van der Waals surface area contributed by atoms with Crippen LogP contribution in [0.5, 0.6) is 0 Å². The van der Waals surface area contributed by atoms with Gasteiger partial charge in [-0.3, -0.25) is 5.01 Å². The molecule has 1 amide bonds. The topological polar surface area (TPSA) is 41.6 Å². The maximum atomic E-state index is 11.6. The fourth-order valence-corrected chi connectivity index (χ4v) is 1.35. The van der Waals surface area contributed by atoms with Crippen LogP contribution in [-0.4, -0.2) is 18.2 Å². The van der Waals surface area contributed by atoms with Gasteiger partial charge in [0, 0.05) is 6.54 Å². The molecule has 0 atom stereocenters. The lowest BCUT2D eigenvalue weighted by Crippen LogP contribution is -2.44. The Balaban J connectivity index is 2.62. The number of carbonyl (C=O) groups excluding carboxylic acids is 1. The number of nitrogens with one attached hydrogen (secondary N) is 1. The van der Waals surface area contributed by atoms with Crippen LogP contribution < -0.4 is 10.4 Å². The van der Waals surface area contributed by atoms with Gasteiger partial charge in [-0.15, -0.1) is 0 Å². The van der Waals surface area contributed by atoms with Crippen LogP contribution in [0.25, 0.3) is 0 Å². The molecule has 0 radical (unpaired) electrons. The smallest absolute Gasteiger partial charge is 0.426 e. The molecule has 0 unspecified atom stereocenters. The SMILES string of the molecule is CCN(NC(=O)OC(C)(C)C)c1ccccc1. The molecule has 1 aromatic rings. The molecule has 94 valence electrons. The van der Waals surface area contributed by atoms with E-state index in [1.54, 1.807) is 5.01 Å². The van der Waals surface area contributed by atoms with Gasteiger partial charge in [-0.25, -0.2) is 10.2 Å². The summed E-state index contributed by atoms with van der Waals surface area (Å²) in [4.78, 5) is 11.6. The number of hydrazine groups is 1. The molecular formula is C13H20N2O2. The summed E-state index contributed by atoms with van der Waals surface area (Å²) in [5.74, 6) is 0. The average molecular weight is 236 g/mol. The van der Waals surface area contributed by atoms with E-state index < -0.39 is 11.7 Å². The Hall–Kier alpha value is -1.71. The number of para-hydroxylation sites is 1. The van der Waals surface area contributed by atoms with Crippen molar-refractivity contribution < 1.29 is 9.53 Å². The second kappa shape index (κ2) is 5.57. The van der Waals surface area contributed by atoms with E-state index in [0.717, 1.165) is 5.69 Å². The van der Waals surface area contributed by atoms with Crippen LogP contribution in [0.1, 0.15) is 27.7 Å². The van der Waals surface area contributed by atoms with Gasteiger partial charge < -0.3 is 4.74 Å². The van der Waals surface area contributed by atoms with E-state index in [2.05, 4.69) is 5.43 Å². The summed E-state index contributed by atoms with van der Waals surface area (Å²) in [6.07, 6.45) is -0.441. The van der Waals surface area contributed by atoms with Crippen LogP contribution >= 0.6 is 0 Å². The number of hydrogen-bond acceptors (Lipinski definition) is 3. The van der Waals surface area contributed by atoms with E-state index in [9.17, 15) is 4.79 Å². The van der Waals surface area contributed by atoms with Crippen LogP contribution in [0.15, 0.2) is 30.3 Å². The second-order valence-electron chi connectivity index (χ2n) is 4.69. The molecule has 0 aromatic heterocycles. The molecule has 0 fully saturated rings.